The number of nitrogens with zero attached hydrogens (tertiary/aromatic N) is 1. The smallest absolute Gasteiger partial charge is 0.255 e. The molecule has 1 saturated heterocycles. The molecule has 3 rings (SSSR count). The Morgan fingerprint density at radius 1 is 1.11 bits per heavy atom. The van der Waals surface area contributed by atoms with E-state index in [0.717, 1.165) is 0 Å². The number of amides is 1. The van der Waals surface area contributed by atoms with Crippen LogP contribution < -0.4 is 10.1 Å². The number of carbonyl (C=O) groups excluding carboxylic acids is 1. The standard InChI is InChI=1S/C18H18Cl2N2O5S/c1-26-17-5-3-13(28(24,25)22-6-8-27-9-7-22)11-16(17)21-18(23)12-2-4-14(19)15(20)10-12/h2-5,10-11H,6-9H2,1H3,(H,21,23). The summed E-state index contributed by atoms with van der Waals surface area (Å²) in [5, 5.41) is 3.24. The number of sulfonamides is 1. The van der Waals surface area contributed by atoms with Crippen molar-refractivity contribution in [2.45, 2.75) is 4.90 Å². The Morgan fingerprint density at radius 2 is 1.82 bits per heavy atom. The Balaban J connectivity index is 1.90. The van der Waals surface area contributed by atoms with Crippen LogP contribution in [0.25, 0.3) is 0 Å². The Kier molecular flexibility index (Phi) is 6.47. The topological polar surface area (TPSA) is 84.9 Å². The lowest BCUT2D eigenvalue weighted by atomic mass is 10.2. The molecule has 1 aliphatic rings. The van der Waals surface area contributed by atoms with Gasteiger partial charge in [-0.15, -0.1) is 0 Å². The molecule has 0 aliphatic carbocycles. The van der Waals surface area contributed by atoms with Crippen LogP contribution in [0.1, 0.15) is 10.4 Å². The van der Waals surface area contributed by atoms with Crippen molar-refractivity contribution in [3.8, 4) is 5.75 Å². The third kappa shape index (κ3) is 4.42. The van der Waals surface area contributed by atoms with Gasteiger partial charge in [-0.1, -0.05) is 23.2 Å². The molecule has 150 valence electrons. The fourth-order valence-corrected chi connectivity index (χ4v) is 4.45. The molecule has 1 N–H and O–H groups in total. The number of carbonyl (C=O) groups is 1. The van der Waals surface area contributed by atoms with E-state index in [2.05, 4.69) is 5.32 Å². The van der Waals surface area contributed by atoms with Crippen molar-refractivity contribution in [2.75, 3.05) is 38.7 Å². The predicted molar refractivity (Wildman–Crippen MR) is 107 cm³/mol. The van der Waals surface area contributed by atoms with E-state index >= 15 is 0 Å². The fraction of sp³-hybridized carbons (Fsp3) is 0.278. The minimum atomic E-state index is -3.71. The van der Waals surface area contributed by atoms with Crippen molar-refractivity contribution >= 4 is 44.8 Å². The Labute approximate surface area is 173 Å². The summed E-state index contributed by atoms with van der Waals surface area (Å²) in [6.07, 6.45) is 0. The molecule has 28 heavy (non-hydrogen) atoms. The van der Waals surface area contributed by atoms with Crippen molar-refractivity contribution in [1.29, 1.82) is 0 Å². The Morgan fingerprint density at radius 3 is 2.46 bits per heavy atom. The lowest BCUT2D eigenvalue weighted by molar-refractivity contribution is 0.0730. The monoisotopic (exact) mass is 444 g/mol. The van der Waals surface area contributed by atoms with Crippen LogP contribution in [0.4, 0.5) is 5.69 Å². The molecular weight excluding hydrogens is 427 g/mol. The quantitative estimate of drug-likeness (QED) is 0.764. The van der Waals surface area contributed by atoms with Crippen LogP contribution in [0.5, 0.6) is 5.75 Å². The van der Waals surface area contributed by atoms with Crippen LogP contribution in [-0.2, 0) is 14.8 Å². The van der Waals surface area contributed by atoms with Crippen LogP contribution >= 0.6 is 23.2 Å². The van der Waals surface area contributed by atoms with Gasteiger partial charge in [0.25, 0.3) is 5.91 Å². The molecule has 0 saturated carbocycles. The molecule has 1 heterocycles. The zero-order valence-electron chi connectivity index (χ0n) is 14.9. The zero-order chi connectivity index (χ0) is 20.3. The van der Waals surface area contributed by atoms with Gasteiger partial charge in [-0.3, -0.25) is 4.79 Å². The molecule has 1 amide bonds. The number of hydrogen-bond acceptors (Lipinski definition) is 5. The highest BCUT2D eigenvalue weighted by Gasteiger charge is 2.27. The average Bonchev–Trinajstić information content (AvgIpc) is 2.70. The van der Waals surface area contributed by atoms with Crippen LogP contribution in [0, 0.1) is 0 Å². The van der Waals surface area contributed by atoms with E-state index in [1.165, 1.54) is 47.8 Å². The van der Waals surface area contributed by atoms with E-state index in [1.807, 2.05) is 0 Å². The highest BCUT2D eigenvalue weighted by Crippen LogP contribution is 2.30. The Hall–Kier alpha value is -1.84. The first kappa shape index (κ1) is 20.9. The summed E-state index contributed by atoms with van der Waals surface area (Å²) >= 11 is 11.8. The SMILES string of the molecule is COc1ccc(S(=O)(=O)N2CCOCC2)cc1NC(=O)c1ccc(Cl)c(Cl)c1. The minimum Gasteiger partial charge on any atom is -0.495 e. The summed E-state index contributed by atoms with van der Waals surface area (Å²) in [6, 6.07) is 8.77. The molecule has 1 fully saturated rings. The Bertz CT molecular complexity index is 991. The summed E-state index contributed by atoms with van der Waals surface area (Å²) in [5.74, 6) is -0.146. The number of anilines is 1. The summed E-state index contributed by atoms with van der Waals surface area (Å²) in [5.41, 5.74) is 0.505. The van der Waals surface area contributed by atoms with E-state index in [1.54, 1.807) is 0 Å². The zero-order valence-corrected chi connectivity index (χ0v) is 17.3. The third-order valence-electron chi connectivity index (χ3n) is 4.21. The number of halogens is 2. The van der Waals surface area contributed by atoms with Crippen LogP contribution in [-0.4, -0.2) is 52.0 Å². The van der Waals surface area contributed by atoms with Crippen molar-refractivity contribution < 1.29 is 22.7 Å². The first-order valence-corrected chi connectivity index (χ1v) is 10.5. The number of benzene rings is 2. The molecule has 0 bridgehead atoms. The van der Waals surface area contributed by atoms with Crippen LogP contribution in [0.3, 0.4) is 0 Å². The van der Waals surface area contributed by atoms with Crippen molar-refractivity contribution in [3.05, 3.63) is 52.0 Å². The molecule has 2 aromatic rings. The maximum atomic E-state index is 12.9. The predicted octanol–water partition coefficient (Wildman–Crippen LogP) is 3.28. The lowest BCUT2D eigenvalue weighted by Gasteiger charge is -2.26. The van der Waals surface area contributed by atoms with Gasteiger partial charge in [0.1, 0.15) is 5.75 Å². The second kappa shape index (κ2) is 8.67. The minimum absolute atomic E-state index is 0.0552. The van der Waals surface area contributed by atoms with Gasteiger partial charge in [-0.25, -0.2) is 8.42 Å². The van der Waals surface area contributed by atoms with Crippen LogP contribution in [0.15, 0.2) is 41.3 Å². The second-order valence-corrected chi connectivity index (χ2v) is 8.71. The van der Waals surface area contributed by atoms with E-state index in [9.17, 15) is 13.2 Å². The number of methoxy groups -OCH3 is 1. The van der Waals surface area contributed by atoms with E-state index in [4.69, 9.17) is 32.7 Å². The van der Waals surface area contributed by atoms with Crippen molar-refractivity contribution in [1.82, 2.24) is 4.31 Å². The number of rotatable bonds is 5. The van der Waals surface area contributed by atoms with Crippen molar-refractivity contribution in [2.24, 2.45) is 0 Å². The van der Waals surface area contributed by atoms with Gasteiger partial charge in [0.05, 0.1) is 41.0 Å². The highest BCUT2D eigenvalue weighted by molar-refractivity contribution is 7.89. The molecule has 0 aromatic heterocycles. The second-order valence-electron chi connectivity index (χ2n) is 5.96. The largest absolute Gasteiger partial charge is 0.495 e. The molecule has 10 heteroatoms. The van der Waals surface area contributed by atoms with E-state index in [0.29, 0.717) is 24.0 Å². The summed E-state index contributed by atoms with van der Waals surface area (Å²) in [7, 11) is -2.28. The number of hydrogen-bond donors (Lipinski definition) is 1. The summed E-state index contributed by atoms with van der Waals surface area (Å²) in [4.78, 5) is 12.6. The van der Waals surface area contributed by atoms with Crippen LogP contribution in [0.2, 0.25) is 10.0 Å². The molecule has 0 unspecified atom stereocenters. The van der Waals surface area contributed by atoms with Gasteiger partial charge in [0, 0.05) is 18.7 Å². The maximum Gasteiger partial charge on any atom is 0.255 e. The summed E-state index contributed by atoms with van der Waals surface area (Å²) in [6.45, 7) is 1.24. The van der Waals surface area contributed by atoms with Gasteiger partial charge >= 0.3 is 0 Å². The molecule has 0 radical (unpaired) electrons. The molecule has 2 aromatic carbocycles. The maximum absolute atomic E-state index is 12.9. The van der Waals surface area contributed by atoms with Gasteiger partial charge in [-0.05, 0) is 36.4 Å². The van der Waals surface area contributed by atoms with Gasteiger partial charge in [0.2, 0.25) is 10.0 Å². The molecular formula is C18H18Cl2N2O5S. The molecule has 0 atom stereocenters. The molecule has 7 nitrogen and oxygen atoms in total. The van der Waals surface area contributed by atoms with Gasteiger partial charge < -0.3 is 14.8 Å². The van der Waals surface area contributed by atoms with Gasteiger partial charge in [-0.2, -0.15) is 4.31 Å². The highest BCUT2D eigenvalue weighted by atomic mass is 35.5. The lowest BCUT2D eigenvalue weighted by Crippen LogP contribution is -2.40. The van der Waals surface area contributed by atoms with E-state index in [-0.39, 0.29) is 34.3 Å². The number of ether oxygens (including phenoxy) is 2. The normalized spacial score (nSPS) is 15.2. The first-order chi connectivity index (χ1) is 13.3. The van der Waals surface area contributed by atoms with Gasteiger partial charge in [0.15, 0.2) is 0 Å². The fourth-order valence-electron chi connectivity index (χ4n) is 2.71. The average molecular weight is 445 g/mol. The number of morpholine rings is 1. The molecule has 0 spiro atoms. The third-order valence-corrected chi connectivity index (χ3v) is 6.84. The number of nitrogens with one attached hydrogen (secondary N) is 1. The van der Waals surface area contributed by atoms with Crippen molar-refractivity contribution in [3.63, 3.8) is 0 Å². The first-order valence-electron chi connectivity index (χ1n) is 8.35. The molecule has 1 aliphatic heterocycles. The van der Waals surface area contributed by atoms with E-state index < -0.39 is 15.9 Å². The summed E-state index contributed by atoms with van der Waals surface area (Å²) < 4.78 is 37.5.